The van der Waals surface area contributed by atoms with Crippen LogP contribution in [0.25, 0.3) is 0 Å². The second-order valence-corrected chi connectivity index (χ2v) is 8.31. The van der Waals surface area contributed by atoms with Gasteiger partial charge in [-0.2, -0.15) is 5.01 Å². The fourth-order valence-electron chi connectivity index (χ4n) is 4.74. The molecule has 6 nitrogen and oxygen atoms in total. The molecular formula is C19H20Cl2N2O4. The van der Waals surface area contributed by atoms with E-state index in [1.54, 1.807) is 19.1 Å². The SMILES string of the molecule is CC[C@H](Oc1cc(Cl)ccc1Cl)C(=O)NN1C(=O)[C@@H]2[C@H]3CC[C@@H](C3)[C@@H]2C1=O. The highest BCUT2D eigenvalue weighted by Gasteiger charge is 2.61. The molecule has 2 saturated carbocycles. The third-order valence-electron chi connectivity index (χ3n) is 5.98. The Labute approximate surface area is 167 Å². The van der Waals surface area contributed by atoms with Crippen molar-refractivity contribution >= 4 is 40.9 Å². The average molecular weight is 411 g/mol. The molecule has 3 amide bonds. The Bertz CT molecular complexity index is 787. The van der Waals surface area contributed by atoms with Crippen LogP contribution in [-0.4, -0.2) is 28.8 Å². The number of hydrogen-bond donors (Lipinski definition) is 1. The molecule has 1 saturated heterocycles. The minimum atomic E-state index is -0.904. The van der Waals surface area contributed by atoms with Gasteiger partial charge in [-0.15, -0.1) is 0 Å². The molecule has 3 aliphatic rings. The summed E-state index contributed by atoms with van der Waals surface area (Å²) in [6.07, 6.45) is 2.35. The van der Waals surface area contributed by atoms with Crippen LogP contribution in [0.4, 0.5) is 0 Å². The Morgan fingerprint density at radius 1 is 1.22 bits per heavy atom. The zero-order valence-corrected chi connectivity index (χ0v) is 16.3. The first-order chi connectivity index (χ1) is 12.9. The van der Waals surface area contributed by atoms with Crippen molar-refractivity contribution in [2.24, 2.45) is 23.7 Å². The molecule has 1 aromatic rings. The molecule has 144 valence electrons. The molecule has 0 unspecified atom stereocenters. The molecule has 0 aromatic heterocycles. The summed E-state index contributed by atoms with van der Waals surface area (Å²) in [4.78, 5) is 38.1. The van der Waals surface area contributed by atoms with E-state index in [9.17, 15) is 14.4 Å². The highest BCUT2D eigenvalue weighted by Crippen LogP contribution is 2.55. The lowest BCUT2D eigenvalue weighted by atomic mass is 9.81. The monoisotopic (exact) mass is 410 g/mol. The maximum Gasteiger partial charge on any atom is 0.279 e. The number of benzene rings is 1. The molecule has 1 aliphatic heterocycles. The van der Waals surface area contributed by atoms with Crippen LogP contribution in [0.5, 0.6) is 5.75 Å². The van der Waals surface area contributed by atoms with Crippen LogP contribution in [0, 0.1) is 23.7 Å². The average Bonchev–Trinajstić information content (AvgIpc) is 3.32. The lowest BCUT2D eigenvalue weighted by molar-refractivity contribution is -0.152. The van der Waals surface area contributed by atoms with Gasteiger partial charge in [-0.25, -0.2) is 0 Å². The van der Waals surface area contributed by atoms with Crippen LogP contribution in [0.2, 0.25) is 10.0 Å². The standard InChI is InChI=1S/C19H20Cl2N2O4/c1-2-13(27-14-8-11(20)5-6-12(14)21)17(24)22-23-18(25)15-9-3-4-10(7-9)16(15)19(23)26/h5-6,8-10,13,15-16H,2-4,7H2,1H3,(H,22,24)/t9-,10-,13-,15-,16+/m0/s1. The molecular weight excluding hydrogens is 391 g/mol. The molecule has 5 atom stereocenters. The molecule has 3 fully saturated rings. The zero-order chi connectivity index (χ0) is 19.3. The molecule has 8 heteroatoms. The van der Waals surface area contributed by atoms with Crippen LogP contribution < -0.4 is 10.2 Å². The molecule has 1 N–H and O–H groups in total. The summed E-state index contributed by atoms with van der Waals surface area (Å²) in [6, 6.07) is 4.72. The van der Waals surface area contributed by atoms with E-state index in [1.165, 1.54) is 6.07 Å². The quantitative estimate of drug-likeness (QED) is 0.756. The van der Waals surface area contributed by atoms with Crippen molar-refractivity contribution in [1.29, 1.82) is 0 Å². The van der Waals surface area contributed by atoms with Gasteiger partial charge in [-0.05, 0) is 49.7 Å². The van der Waals surface area contributed by atoms with Gasteiger partial charge in [0.25, 0.3) is 17.7 Å². The third-order valence-corrected chi connectivity index (χ3v) is 6.52. The number of halogens is 2. The Morgan fingerprint density at radius 3 is 2.44 bits per heavy atom. The van der Waals surface area contributed by atoms with E-state index < -0.39 is 12.0 Å². The van der Waals surface area contributed by atoms with Gasteiger partial charge < -0.3 is 4.74 Å². The van der Waals surface area contributed by atoms with Crippen molar-refractivity contribution < 1.29 is 19.1 Å². The Balaban J connectivity index is 1.47. The van der Waals surface area contributed by atoms with Crippen molar-refractivity contribution in [2.75, 3.05) is 0 Å². The maximum absolute atomic E-state index is 12.7. The van der Waals surface area contributed by atoms with Gasteiger partial charge in [-0.3, -0.25) is 19.8 Å². The highest BCUT2D eigenvalue weighted by molar-refractivity contribution is 6.34. The number of nitrogens with one attached hydrogen (secondary N) is 1. The first-order valence-corrected chi connectivity index (χ1v) is 9.96. The predicted octanol–water partition coefficient (Wildman–Crippen LogP) is 3.21. The van der Waals surface area contributed by atoms with E-state index in [0.29, 0.717) is 16.5 Å². The van der Waals surface area contributed by atoms with Gasteiger partial charge in [0.05, 0.1) is 16.9 Å². The highest BCUT2D eigenvalue weighted by atomic mass is 35.5. The lowest BCUT2D eigenvalue weighted by Crippen LogP contribution is -2.51. The minimum Gasteiger partial charge on any atom is -0.479 e. The van der Waals surface area contributed by atoms with Crippen molar-refractivity contribution in [1.82, 2.24) is 10.4 Å². The Kier molecular flexibility index (Phi) is 4.80. The summed E-state index contributed by atoms with van der Waals surface area (Å²) in [5.41, 5.74) is 2.48. The van der Waals surface area contributed by atoms with Crippen molar-refractivity contribution in [2.45, 2.75) is 38.7 Å². The number of ether oxygens (including phenoxy) is 1. The van der Waals surface area contributed by atoms with Crippen molar-refractivity contribution in [3.05, 3.63) is 28.2 Å². The second kappa shape index (κ2) is 6.99. The van der Waals surface area contributed by atoms with Crippen molar-refractivity contribution in [3.8, 4) is 5.75 Å². The van der Waals surface area contributed by atoms with E-state index in [0.717, 1.165) is 24.3 Å². The Morgan fingerprint density at radius 2 is 1.85 bits per heavy atom. The lowest BCUT2D eigenvalue weighted by Gasteiger charge is -2.22. The largest absolute Gasteiger partial charge is 0.479 e. The normalized spacial score (nSPS) is 29.8. The van der Waals surface area contributed by atoms with Crippen molar-refractivity contribution in [3.63, 3.8) is 0 Å². The van der Waals surface area contributed by atoms with Crippen LogP contribution in [0.1, 0.15) is 32.6 Å². The molecule has 0 spiro atoms. The predicted molar refractivity (Wildman–Crippen MR) is 99.0 cm³/mol. The molecule has 4 rings (SSSR count). The van der Waals surface area contributed by atoms with E-state index in [2.05, 4.69) is 5.43 Å². The third kappa shape index (κ3) is 3.09. The molecule has 0 radical (unpaired) electrons. The van der Waals surface area contributed by atoms with Crippen LogP contribution >= 0.6 is 23.2 Å². The molecule has 1 aromatic carbocycles. The first-order valence-electron chi connectivity index (χ1n) is 9.20. The number of imide groups is 1. The maximum atomic E-state index is 12.7. The molecule has 2 aliphatic carbocycles. The van der Waals surface area contributed by atoms with Gasteiger partial charge in [0, 0.05) is 11.1 Å². The number of carbonyl (C=O) groups excluding carboxylic acids is 3. The Hall–Kier alpha value is -1.79. The smallest absolute Gasteiger partial charge is 0.279 e. The van der Waals surface area contributed by atoms with Gasteiger partial charge in [0.2, 0.25) is 0 Å². The van der Waals surface area contributed by atoms with E-state index in [4.69, 9.17) is 27.9 Å². The number of hydrazine groups is 1. The van der Waals surface area contributed by atoms with E-state index in [-0.39, 0.29) is 41.2 Å². The molecule has 2 bridgehead atoms. The summed E-state index contributed by atoms with van der Waals surface area (Å²) >= 11 is 12.0. The van der Waals surface area contributed by atoms with Crippen LogP contribution in [-0.2, 0) is 14.4 Å². The molecule has 27 heavy (non-hydrogen) atoms. The number of amides is 3. The number of nitrogens with zero attached hydrogens (tertiary/aromatic N) is 1. The van der Waals surface area contributed by atoms with Gasteiger partial charge in [0.1, 0.15) is 5.75 Å². The topological polar surface area (TPSA) is 75.7 Å². The van der Waals surface area contributed by atoms with Gasteiger partial charge in [0.15, 0.2) is 6.10 Å². The fraction of sp³-hybridized carbons (Fsp3) is 0.526. The summed E-state index contributed by atoms with van der Waals surface area (Å²) in [5.74, 6) is -0.881. The first kappa shape index (κ1) is 18.6. The van der Waals surface area contributed by atoms with E-state index >= 15 is 0 Å². The number of carbonyl (C=O) groups is 3. The van der Waals surface area contributed by atoms with E-state index in [1.807, 2.05) is 0 Å². The number of hydrogen-bond acceptors (Lipinski definition) is 4. The summed E-state index contributed by atoms with van der Waals surface area (Å²) in [6.45, 7) is 1.77. The molecule has 1 heterocycles. The summed E-state index contributed by atoms with van der Waals surface area (Å²) in [5, 5.41) is 1.66. The minimum absolute atomic E-state index is 0.266. The van der Waals surface area contributed by atoms with Crippen LogP contribution in [0.15, 0.2) is 18.2 Å². The van der Waals surface area contributed by atoms with Gasteiger partial charge in [-0.1, -0.05) is 30.1 Å². The summed E-state index contributed by atoms with van der Waals surface area (Å²) < 4.78 is 5.69. The van der Waals surface area contributed by atoms with Gasteiger partial charge >= 0.3 is 0 Å². The second-order valence-electron chi connectivity index (χ2n) is 7.46. The summed E-state index contributed by atoms with van der Waals surface area (Å²) in [7, 11) is 0. The zero-order valence-electron chi connectivity index (χ0n) is 14.8. The number of fused-ring (bicyclic) bond motifs is 5. The fourth-order valence-corrected chi connectivity index (χ4v) is 5.07. The van der Waals surface area contributed by atoms with Crippen LogP contribution in [0.3, 0.4) is 0 Å². The number of rotatable bonds is 5.